The lowest BCUT2D eigenvalue weighted by molar-refractivity contribution is 0.340. The van der Waals surface area contributed by atoms with Gasteiger partial charge in [-0.15, -0.1) is 0 Å². The van der Waals surface area contributed by atoms with Gasteiger partial charge in [-0.3, -0.25) is 0 Å². The van der Waals surface area contributed by atoms with Gasteiger partial charge < -0.3 is 9.64 Å². The highest BCUT2D eigenvalue weighted by Gasteiger charge is 2.34. The average molecular weight is 259 g/mol. The van der Waals surface area contributed by atoms with E-state index in [9.17, 15) is 0 Å². The molecular formula is C17H25NO. The van der Waals surface area contributed by atoms with Crippen molar-refractivity contribution in [2.75, 3.05) is 11.5 Å². The highest BCUT2D eigenvalue weighted by molar-refractivity contribution is 5.72. The maximum Gasteiger partial charge on any atom is 0.150 e. The van der Waals surface area contributed by atoms with Gasteiger partial charge in [0.15, 0.2) is 0 Å². The van der Waals surface area contributed by atoms with Crippen LogP contribution >= 0.6 is 0 Å². The monoisotopic (exact) mass is 259 g/mol. The number of hydrogen-bond acceptors (Lipinski definition) is 2. The van der Waals surface area contributed by atoms with Gasteiger partial charge in [0.05, 0.1) is 5.69 Å². The third-order valence-electron chi connectivity index (χ3n) is 3.23. The third kappa shape index (κ3) is 2.78. The summed E-state index contributed by atoms with van der Waals surface area (Å²) in [7, 11) is 0. The van der Waals surface area contributed by atoms with Crippen LogP contribution in [-0.2, 0) is 0 Å². The van der Waals surface area contributed by atoms with Gasteiger partial charge in [-0.25, -0.2) is 0 Å². The lowest BCUT2D eigenvalue weighted by Gasteiger charge is -2.48. The van der Waals surface area contributed by atoms with Crippen molar-refractivity contribution in [2.45, 2.75) is 52.6 Å². The summed E-state index contributed by atoms with van der Waals surface area (Å²) in [5.74, 6) is 1.01. The molecule has 0 amide bonds. The summed E-state index contributed by atoms with van der Waals surface area (Å²) < 4.78 is 5.90. The number of nitrogens with zero attached hydrogens (tertiary/aromatic N) is 1. The molecule has 0 atom stereocenters. The normalized spacial score (nSPS) is 14.8. The Morgan fingerprint density at radius 2 is 1.63 bits per heavy atom. The minimum atomic E-state index is 0.0396. The van der Waals surface area contributed by atoms with Crippen molar-refractivity contribution >= 4 is 11.8 Å². The first-order valence-electron chi connectivity index (χ1n) is 6.94. The van der Waals surface area contributed by atoms with Crippen molar-refractivity contribution in [2.24, 2.45) is 0 Å². The molecule has 1 aromatic rings. The molecule has 0 fully saturated rings. The highest BCUT2D eigenvalue weighted by atomic mass is 16.5. The second kappa shape index (κ2) is 4.59. The molecule has 1 aliphatic rings. The summed E-state index contributed by atoms with van der Waals surface area (Å²) in [6, 6.07) is 6.38. The number of rotatable bonds is 1. The molecular weight excluding hydrogens is 234 g/mol. The number of fused-ring (bicyclic) bond motifs is 1. The van der Waals surface area contributed by atoms with Crippen LogP contribution in [0.25, 0.3) is 6.08 Å². The summed E-state index contributed by atoms with van der Waals surface area (Å²) in [6.45, 7) is 14.1. The fourth-order valence-corrected chi connectivity index (χ4v) is 3.04. The Morgan fingerprint density at radius 3 is 2.21 bits per heavy atom. The van der Waals surface area contributed by atoms with E-state index in [0.29, 0.717) is 6.61 Å². The Balaban J connectivity index is 2.58. The molecule has 0 N–H and O–H groups in total. The van der Waals surface area contributed by atoms with Crippen LogP contribution in [0.3, 0.4) is 0 Å². The zero-order valence-corrected chi connectivity index (χ0v) is 12.9. The van der Waals surface area contributed by atoms with Gasteiger partial charge in [-0.2, -0.15) is 0 Å². The smallest absolute Gasteiger partial charge is 0.150 e. The fraction of sp³-hybridized carbons (Fsp3) is 0.529. The molecule has 0 aromatic heterocycles. The fourth-order valence-electron chi connectivity index (χ4n) is 3.04. The molecule has 0 unspecified atom stereocenters. The van der Waals surface area contributed by atoms with E-state index < -0.39 is 0 Å². The molecule has 2 heteroatoms. The Hall–Kier alpha value is -1.44. The van der Waals surface area contributed by atoms with Crippen molar-refractivity contribution in [1.29, 1.82) is 0 Å². The maximum atomic E-state index is 5.90. The zero-order valence-electron chi connectivity index (χ0n) is 12.9. The minimum absolute atomic E-state index is 0.0396. The molecule has 1 aromatic carbocycles. The third-order valence-corrected chi connectivity index (χ3v) is 3.23. The molecule has 1 aliphatic heterocycles. The van der Waals surface area contributed by atoms with E-state index in [1.165, 1.54) is 11.3 Å². The van der Waals surface area contributed by atoms with Crippen LogP contribution < -0.4 is 9.64 Å². The van der Waals surface area contributed by atoms with E-state index in [1.807, 2.05) is 0 Å². The van der Waals surface area contributed by atoms with Gasteiger partial charge >= 0.3 is 0 Å². The number of benzene rings is 1. The first kappa shape index (κ1) is 14.0. The molecule has 0 bridgehead atoms. The standard InChI is InChI=1S/C17H25NO/c1-16(2,3)18(17(4,5)6)14-11-7-9-13-10-8-12-19-15(13)14/h7-11H,12H2,1-6H3. The summed E-state index contributed by atoms with van der Waals surface area (Å²) in [6.07, 6.45) is 4.20. The molecule has 2 nitrogen and oxygen atoms in total. The summed E-state index contributed by atoms with van der Waals surface area (Å²) in [5, 5.41) is 0. The van der Waals surface area contributed by atoms with Crippen LogP contribution in [-0.4, -0.2) is 17.7 Å². The highest BCUT2D eigenvalue weighted by Crippen LogP contribution is 2.41. The van der Waals surface area contributed by atoms with Gasteiger partial charge in [-0.05, 0) is 53.7 Å². The second-order valence-corrected chi connectivity index (χ2v) is 7.09. The van der Waals surface area contributed by atoms with Crippen LogP contribution in [0.5, 0.6) is 5.75 Å². The zero-order chi connectivity index (χ0) is 14.3. The van der Waals surface area contributed by atoms with E-state index in [0.717, 1.165) is 5.75 Å². The summed E-state index contributed by atoms with van der Waals surface area (Å²) in [4.78, 5) is 2.44. The van der Waals surface area contributed by atoms with E-state index in [2.05, 4.69) is 76.8 Å². The minimum Gasteiger partial charge on any atom is -0.487 e. The second-order valence-electron chi connectivity index (χ2n) is 7.09. The topological polar surface area (TPSA) is 12.5 Å². The molecule has 19 heavy (non-hydrogen) atoms. The van der Waals surface area contributed by atoms with E-state index in [4.69, 9.17) is 4.74 Å². The molecule has 0 aliphatic carbocycles. The molecule has 0 radical (unpaired) electrons. The van der Waals surface area contributed by atoms with Crippen LogP contribution in [0.1, 0.15) is 47.1 Å². The number of para-hydroxylation sites is 1. The predicted molar refractivity (Wildman–Crippen MR) is 83.0 cm³/mol. The molecule has 1 heterocycles. The van der Waals surface area contributed by atoms with Gasteiger partial charge in [0.25, 0.3) is 0 Å². The molecule has 0 saturated carbocycles. The molecule has 104 valence electrons. The number of ether oxygens (including phenoxy) is 1. The Morgan fingerprint density at radius 1 is 1.00 bits per heavy atom. The van der Waals surface area contributed by atoms with Gasteiger partial charge in [0.2, 0.25) is 0 Å². The van der Waals surface area contributed by atoms with Crippen LogP contribution in [0.15, 0.2) is 24.3 Å². The largest absolute Gasteiger partial charge is 0.487 e. The van der Waals surface area contributed by atoms with Crippen LogP contribution in [0.4, 0.5) is 5.69 Å². The van der Waals surface area contributed by atoms with Crippen molar-refractivity contribution < 1.29 is 4.74 Å². The van der Waals surface area contributed by atoms with E-state index in [1.54, 1.807) is 0 Å². The van der Waals surface area contributed by atoms with E-state index >= 15 is 0 Å². The van der Waals surface area contributed by atoms with Crippen molar-refractivity contribution in [3.05, 3.63) is 29.8 Å². The Bertz CT molecular complexity index is 475. The SMILES string of the molecule is CC(C)(C)N(c1cccc2c1OCC=C2)C(C)(C)C. The summed E-state index contributed by atoms with van der Waals surface area (Å²) in [5.41, 5.74) is 2.43. The first-order valence-corrected chi connectivity index (χ1v) is 6.94. The number of hydrogen-bond donors (Lipinski definition) is 0. The summed E-state index contributed by atoms with van der Waals surface area (Å²) >= 11 is 0. The van der Waals surface area contributed by atoms with Crippen molar-refractivity contribution in [3.63, 3.8) is 0 Å². The van der Waals surface area contributed by atoms with Crippen LogP contribution in [0.2, 0.25) is 0 Å². The predicted octanol–water partition coefficient (Wildman–Crippen LogP) is 4.50. The molecule has 0 saturated heterocycles. The van der Waals surface area contributed by atoms with Crippen molar-refractivity contribution in [3.8, 4) is 5.75 Å². The molecule has 0 spiro atoms. The lowest BCUT2D eigenvalue weighted by atomic mass is 9.93. The average Bonchev–Trinajstić information content (AvgIpc) is 2.25. The van der Waals surface area contributed by atoms with Crippen LogP contribution in [0, 0.1) is 0 Å². The van der Waals surface area contributed by atoms with Gasteiger partial charge in [-0.1, -0.05) is 18.2 Å². The lowest BCUT2D eigenvalue weighted by Crippen LogP contribution is -2.53. The Kier molecular flexibility index (Phi) is 3.38. The van der Waals surface area contributed by atoms with Gasteiger partial charge in [0.1, 0.15) is 12.4 Å². The van der Waals surface area contributed by atoms with E-state index in [-0.39, 0.29) is 11.1 Å². The quantitative estimate of drug-likeness (QED) is 0.736. The first-order chi connectivity index (χ1) is 8.71. The molecule has 2 rings (SSSR count). The Labute approximate surface area is 117 Å². The van der Waals surface area contributed by atoms with Gasteiger partial charge in [0, 0.05) is 16.6 Å². The number of anilines is 1. The maximum absolute atomic E-state index is 5.90. The van der Waals surface area contributed by atoms with Crippen molar-refractivity contribution in [1.82, 2.24) is 0 Å².